The molecule has 3 heterocycles. The number of aromatic nitrogens is 2. The standard InChI is InChI=1S/C21H22N4O3S/c1-14-12-17(24-28-14)20(27)23-21-22-16-10-11-25(13-18(16)29-21)19(26)9-5-8-15-6-3-2-4-7-15/h2-4,6-7,12H,5,8-11,13H2,1H3,(H,22,23,27). The van der Waals surface area contributed by atoms with Gasteiger partial charge in [0.1, 0.15) is 5.76 Å². The molecule has 3 aromatic rings. The van der Waals surface area contributed by atoms with Gasteiger partial charge >= 0.3 is 0 Å². The highest BCUT2D eigenvalue weighted by molar-refractivity contribution is 7.15. The highest BCUT2D eigenvalue weighted by atomic mass is 32.1. The minimum atomic E-state index is -0.346. The Morgan fingerprint density at radius 1 is 1.28 bits per heavy atom. The summed E-state index contributed by atoms with van der Waals surface area (Å²) in [5.74, 6) is 0.403. The van der Waals surface area contributed by atoms with Crippen LogP contribution in [0, 0.1) is 6.92 Å². The van der Waals surface area contributed by atoms with Crippen molar-refractivity contribution in [2.24, 2.45) is 0 Å². The molecule has 1 N–H and O–H groups in total. The molecule has 1 aliphatic rings. The zero-order valence-corrected chi connectivity index (χ0v) is 17.0. The Kier molecular flexibility index (Phi) is 5.71. The average Bonchev–Trinajstić information content (AvgIpc) is 3.33. The lowest BCUT2D eigenvalue weighted by Gasteiger charge is -2.26. The van der Waals surface area contributed by atoms with Crippen molar-refractivity contribution >= 4 is 28.3 Å². The third-order valence-electron chi connectivity index (χ3n) is 4.86. The molecule has 2 amide bonds. The minimum absolute atomic E-state index is 0.170. The molecule has 0 saturated heterocycles. The summed E-state index contributed by atoms with van der Waals surface area (Å²) in [5.41, 5.74) is 2.44. The molecular formula is C21H22N4O3S. The first-order chi connectivity index (χ1) is 14.1. The maximum atomic E-state index is 12.6. The van der Waals surface area contributed by atoms with E-state index in [1.54, 1.807) is 13.0 Å². The molecule has 8 heteroatoms. The van der Waals surface area contributed by atoms with Gasteiger partial charge in [0.2, 0.25) is 5.91 Å². The van der Waals surface area contributed by atoms with Crippen LogP contribution in [0.2, 0.25) is 0 Å². The van der Waals surface area contributed by atoms with Gasteiger partial charge < -0.3 is 9.42 Å². The second-order valence-corrected chi connectivity index (χ2v) is 8.15. The Hall–Kier alpha value is -3.00. The normalized spacial score (nSPS) is 13.2. The summed E-state index contributed by atoms with van der Waals surface area (Å²) in [6, 6.07) is 11.8. The molecule has 0 unspecified atom stereocenters. The number of nitrogens with one attached hydrogen (secondary N) is 1. The smallest absolute Gasteiger partial charge is 0.279 e. The Morgan fingerprint density at radius 2 is 2.10 bits per heavy atom. The number of fused-ring (bicyclic) bond motifs is 1. The summed E-state index contributed by atoms with van der Waals surface area (Å²) >= 11 is 1.41. The Morgan fingerprint density at radius 3 is 2.86 bits per heavy atom. The van der Waals surface area contributed by atoms with Crippen molar-refractivity contribution in [3.63, 3.8) is 0 Å². The van der Waals surface area contributed by atoms with Crippen LogP contribution < -0.4 is 5.32 Å². The van der Waals surface area contributed by atoms with E-state index in [2.05, 4.69) is 27.6 Å². The molecule has 0 atom stereocenters. The van der Waals surface area contributed by atoms with Gasteiger partial charge in [0, 0.05) is 30.3 Å². The Bertz CT molecular complexity index is 1010. The van der Waals surface area contributed by atoms with Crippen molar-refractivity contribution in [1.82, 2.24) is 15.0 Å². The lowest BCUT2D eigenvalue weighted by atomic mass is 10.1. The molecule has 0 spiro atoms. The van der Waals surface area contributed by atoms with E-state index < -0.39 is 0 Å². The van der Waals surface area contributed by atoms with Crippen molar-refractivity contribution in [1.29, 1.82) is 0 Å². The number of carbonyl (C=O) groups excluding carboxylic acids is 2. The second-order valence-electron chi connectivity index (χ2n) is 7.07. The molecule has 0 radical (unpaired) electrons. The average molecular weight is 410 g/mol. The maximum Gasteiger partial charge on any atom is 0.279 e. The quantitative estimate of drug-likeness (QED) is 0.671. The van der Waals surface area contributed by atoms with Crippen molar-refractivity contribution in [3.8, 4) is 0 Å². The van der Waals surface area contributed by atoms with Crippen molar-refractivity contribution in [2.75, 3.05) is 11.9 Å². The number of amides is 2. The summed E-state index contributed by atoms with van der Waals surface area (Å²) in [6.07, 6.45) is 2.99. The molecule has 4 rings (SSSR count). The number of anilines is 1. The van der Waals surface area contributed by atoms with E-state index in [0.717, 1.165) is 23.4 Å². The first-order valence-electron chi connectivity index (χ1n) is 9.63. The summed E-state index contributed by atoms with van der Waals surface area (Å²) in [6.45, 7) is 2.95. The van der Waals surface area contributed by atoms with Crippen LogP contribution in [-0.4, -0.2) is 33.4 Å². The van der Waals surface area contributed by atoms with Crippen LogP contribution in [0.15, 0.2) is 40.9 Å². The predicted molar refractivity (Wildman–Crippen MR) is 110 cm³/mol. The molecular weight excluding hydrogens is 388 g/mol. The first-order valence-corrected chi connectivity index (χ1v) is 10.4. The molecule has 1 aromatic carbocycles. The highest BCUT2D eigenvalue weighted by Crippen LogP contribution is 2.29. The predicted octanol–water partition coefficient (Wildman–Crippen LogP) is 3.60. The Balaban J connectivity index is 1.31. The zero-order valence-electron chi connectivity index (χ0n) is 16.2. The van der Waals surface area contributed by atoms with E-state index >= 15 is 0 Å². The molecule has 2 aromatic heterocycles. The molecule has 29 heavy (non-hydrogen) atoms. The summed E-state index contributed by atoms with van der Waals surface area (Å²) in [7, 11) is 0. The largest absolute Gasteiger partial charge is 0.361 e. The van der Waals surface area contributed by atoms with Gasteiger partial charge in [0.15, 0.2) is 10.8 Å². The molecule has 0 fully saturated rings. The molecule has 0 saturated carbocycles. The number of nitrogens with zero attached hydrogens (tertiary/aromatic N) is 3. The highest BCUT2D eigenvalue weighted by Gasteiger charge is 2.24. The number of hydrogen-bond donors (Lipinski definition) is 1. The van der Waals surface area contributed by atoms with Crippen LogP contribution in [0.1, 0.15) is 45.2 Å². The lowest BCUT2D eigenvalue weighted by Crippen LogP contribution is -2.35. The fourth-order valence-electron chi connectivity index (χ4n) is 3.34. The van der Waals surface area contributed by atoms with Crippen molar-refractivity contribution < 1.29 is 14.1 Å². The summed E-state index contributed by atoms with van der Waals surface area (Å²) < 4.78 is 4.93. The number of thiazole rings is 1. The van der Waals surface area contributed by atoms with Crippen LogP contribution >= 0.6 is 11.3 Å². The minimum Gasteiger partial charge on any atom is -0.361 e. The molecule has 150 valence electrons. The molecule has 0 aliphatic carbocycles. The van der Waals surface area contributed by atoms with Gasteiger partial charge in [-0.1, -0.05) is 46.8 Å². The van der Waals surface area contributed by atoms with E-state index in [1.807, 2.05) is 23.1 Å². The monoisotopic (exact) mass is 410 g/mol. The Labute approximate surface area is 172 Å². The molecule has 7 nitrogen and oxygen atoms in total. The van der Waals surface area contributed by atoms with Crippen LogP contribution in [0.5, 0.6) is 0 Å². The van der Waals surface area contributed by atoms with Crippen molar-refractivity contribution in [3.05, 3.63) is 64.0 Å². The summed E-state index contributed by atoms with van der Waals surface area (Å²) in [5, 5.41) is 7.01. The number of carbonyl (C=O) groups is 2. The third-order valence-corrected chi connectivity index (χ3v) is 5.86. The number of aryl methyl sites for hydroxylation is 2. The van der Waals surface area contributed by atoms with Gasteiger partial charge in [-0.25, -0.2) is 4.98 Å². The SMILES string of the molecule is Cc1cc(C(=O)Nc2nc3c(s2)CN(C(=O)CCCc2ccccc2)CC3)no1. The zero-order chi connectivity index (χ0) is 20.2. The van der Waals surface area contributed by atoms with Gasteiger partial charge in [-0.05, 0) is 25.3 Å². The lowest BCUT2D eigenvalue weighted by molar-refractivity contribution is -0.132. The topological polar surface area (TPSA) is 88.3 Å². The fraction of sp³-hybridized carbons (Fsp3) is 0.333. The molecule has 0 bridgehead atoms. The van der Waals surface area contributed by atoms with Gasteiger partial charge in [0.25, 0.3) is 5.91 Å². The van der Waals surface area contributed by atoms with E-state index in [4.69, 9.17) is 4.52 Å². The number of benzene rings is 1. The summed E-state index contributed by atoms with van der Waals surface area (Å²) in [4.78, 5) is 32.2. The molecule has 1 aliphatic heterocycles. The van der Waals surface area contributed by atoms with Gasteiger partial charge in [-0.3, -0.25) is 14.9 Å². The number of hydrogen-bond acceptors (Lipinski definition) is 6. The van der Waals surface area contributed by atoms with Crippen LogP contribution in [0.25, 0.3) is 0 Å². The van der Waals surface area contributed by atoms with E-state index in [1.165, 1.54) is 16.9 Å². The second kappa shape index (κ2) is 8.57. The number of rotatable bonds is 6. The first kappa shape index (κ1) is 19.3. The third kappa shape index (κ3) is 4.71. The van der Waals surface area contributed by atoms with Gasteiger partial charge in [-0.2, -0.15) is 0 Å². The van der Waals surface area contributed by atoms with Crippen LogP contribution in [-0.2, 0) is 24.2 Å². The van der Waals surface area contributed by atoms with Crippen molar-refractivity contribution in [2.45, 2.75) is 39.2 Å². The van der Waals surface area contributed by atoms with Gasteiger partial charge in [-0.15, -0.1) is 0 Å². The fourth-order valence-corrected chi connectivity index (χ4v) is 4.36. The van der Waals surface area contributed by atoms with E-state index in [0.29, 0.717) is 36.8 Å². The van der Waals surface area contributed by atoms with Crippen LogP contribution in [0.4, 0.5) is 5.13 Å². The van der Waals surface area contributed by atoms with E-state index in [9.17, 15) is 9.59 Å². The van der Waals surface area contributed by atoms with E-state index in [-0.39, 0.29) is 17.5 Å². The van der Waals surface area contributed by atoms with Crippen LogP contribution in [0.3, 0.4) is 0 Å². The van der Waals surface area contributed by atoms with Gasteiger partial charge in [0.05, 0.1) is 12.2 Å². The maximum absolute atomic E-state index is 12.6.